The fraction of sp³-hybridized carbons (Fsp3) is 0.118. The summed E-state index contributed by atoms with van der Waals surface area (Å²) in [7, 11) is 0. The van der Waals surface area contributed by atoms with Crippen molar-refractivity contribution in [2.24, 2.45) is 5.73 Å². The van der Waals surface area contributed by atoms with Crippen LogP contribution in [0.5, 0.6) is 0 Å². The van der Waals surface area contributed by atoms with Gasteiger partial charge in [-0.3, -0.25) is 4.21 Å². The Hall–Kier alpha value is -2.49. The molecule has 5 nitrogen and oxygen atoms in total. The molecule has 1 atom stereocenters. The van der Waals surface area contributed by atoms with Crippen molar-refractivity contribution < 1.29 is 21.9 Å². The molecule has 1 heterocycles. The molecule has 0 aliphatic carbocycles. The van der Waals surface area contributed by atoms with E-state index in [1.54, 1.807) is 24.3 Å². The van der Waals surface area contributed by atoms with Gasteiger partial charge in [-0.05, 0) is 47.0 Å². The summed E-state index contributed by atoms with van der Waals surface area (Å²) < 4.78 is 62.6. The third-order valence-corrected chi connectivity index (χ3v) is 4.44. The van der Waals surface area contributed by atoms with Crippen LogP contribution in [0.15, 0.2) is 59.5 Å². The van der Waals surface area contributed by atoms with Crippen LogP contribution in [0.2, 0.25) is 0 Å². The maximum absolute atomic E-state index is 13.2. The quantitative estimate of drug-likeness (QED) is 0.704. The first-order valence-electron chi connectivity index (χ1n) is 7.46. The minimum atomic E-state index is -4.62. The summed E-state index contributed by atoms with van der Waals surface area (Å²) in [6.07, 6.45) is -4.62. The minimum absolute atomic E-state index is 0.0286. The van der Waals surface area contributed by atoms with Crippen LogP contribution in [0.4, 0.5) is 13.2 Å². The minimum Gasteiger partial charge on any atom is -0.768 e. The van der Waals surface area contributed by atoms with Crippen molar-refractivity contribution >= 4 is 11.1 Å². The molecule has 0 saturated heterocycles. The fourth-order valence-corrected chi connectivity index (χ4v) is 2.91. The summed E-state index contributed by atoms with van der Waals surface area (Å²) in [6.45, 7) is 0.150. The standard InChI is InChI=1S/C17H14F3N3O2S/c18-17(19,20)16-9-15(14-4-2-1-3-11(14)10-21)23(22-16)12-5-7-13(8-6-12)26(24)25/h1-9H,10,21H2,(H,24,25)/p-1. The Balaban J connectivity index is 2.20. The van der Waals surface area contributed by atoms with Crippen LogP contribution in [-0.2, 0) is 23.8 Å². The van der Waals surface area contributed by atoms with Crippen molar-refractivity contribution in [3.8, 4) is 16.9 Å². The van der Waals surface area contributed by atoms with E-state index in [-0.39, 0.29) is 17.1 Å². The molecule has 3 aromatic rings. The molecule has 2 N–H and O–H groups in total. The highest BCUT2D eigenvalue weighted by atomic mass is 32.2. The van der Waals surface area contributed by atoms with Crippen LogP contribution in [0, 0.1) is 0 Å². The van der Waals surface area contributed by atoms with Gasteiger partial charge in [0.1, 0.15) is 0 Å². The van der Waals surface area contributed by atoms with Gasteiger partial charge in [0.25, 0.3) is 0 Å². The lowest BCUT2D eigenvalue weighted by molar-refractivity contribution is -0.141. The van der Waals surface area contributed by atoms with Gasteiger partial charge in [-0.15, -0.1) is 0 Å². The third kappa shape index (κ3) is 3.55. The monoisotopic (exact) mass is 380 g/mol. The number of benzene rings is 2. The first-order valence-corrected chi connectivity index (χ1v) is 8.54. The first-order chi connectivity index (χ1) is 12.3. The predicted octanol–water partition coefficient (Wildman–Crippen LogP) is 3.25. The number of hydrogen-bond acceptors (Lipinski definition) is 4. The Labute approximate surface area is 149 Å². The van der Waals surface area contributed by atoms with Gasteiger partial charge < -0.3 is 10.3 Å². The van der Waals surface area contributed by atoms with Crippen LogP contribution in [0.25, 0.3) is 16.9 Å². The zero-order valence-electron chi connectivity index (χ0n) is 13.2. The van der Waals surface area contributed by atoms with Crippen LogP contribution >= 0.6 is 0 Å². The Bertz CT molecular complexity index is 953. The van der Waals surface area contributed by atoms with Crippen LogP contribution in [-0.4, -0.2) is 18.5 Å². The molecule has 0 spiro atoms. The number of aromatic nitrogens is 2. The maximum Gasteiger partial charge on any atom is 0.435 e. The van der Waals surface area contributed by atoms with E-state index >= 15 is 0 Å². The van der Waals surface area contributed by atoms with Crippen molar-refractivity contribution in [2.75, 3.05) is 0 Å². The van der Waals surface area contributed by atoms with Gasteiger partial charge in [0, 0.05) is 17.0 Å². The molecule has 0 saturated carbocycles. The van der Waals surface area contributed by atoms with E-state index < -0.39 is 23.0 Å². The Morgan fingerprint density at radius 1 is 1.12 bits per heavy atom. The lowest BCUT2D eigenvalue weighted by Gasteiger charge is -2.12. The topological polar surface area (TPSA) is 84.0 Å². The van der Waals surface area contributed by atoms with E-state index in [0.29, 0.717) is 16.8 Å². The molecule has 136 valence electrons. The van der Waals surface area contributed by atoms with E-state index in [9.17, 15) is 21.9 Å². The molecule has 0 aliphatic rings. The molecule has 9 heteroatoms. The maximum atomic E-state index is 13.2. The molecule has 1 aromatic heterocycles. The van der Waals surface area contributed by atoms with Gasteiger partial charge in [0.2, 0.25) is 0 Å². The Kier molecular flexibility index (Phi) is 4.94. The largest absolute Gasteiger partial charge is 0.768 e. The summed E-state index contributed by atoms with van der Waals surface area (Å²) in [6, 6.07) is 13.2. The number of rotatable bonds is 4. The van der Waals surface area contributed by atoms with Gasteiger partial charge in [-0.2, -0.15) is 18.3 Å². The molecular formula is C17H13F3N3O2S-. The van der Waals surface area contributed by atoms with Crippen LogP contribution < -0.4 is 5.73 Å². The SMILES string of the molecule is NCc1ccccc1-c1cc(C(F)(F)F)nn1-c1ccc(S(=O)[O-])cc1. The molecule has 3 rings (SSSR count). The highest BCUT2D eigenvalue weighted by molar-refractivity contribution is 7.79. The smallest absolute Gasteiger partial charge is 0.435 e. The number of halogens is 3. The molecule has 26 heavy (non-hydrogen) atoms. The molecule has 0 fully saturated rings. The molecule has 1 unspecified atom stereocenters. The number of hydrogen-bond donors (Lipinski definition) is 1. The van der Waals surface area contributed by atoms with Gasteiger partial charge in [0.15, 0.2) is 5.69 Å². The van der Waals surface area contributed by atoms with E-state index in [4.69, 9.17) is 5.73 Å². The third-order valence-electron chi connectivity index (χ3n) is 3.79. The normalized spacial score (nSPS) is 13.0. The van der Waals surface area contributed by atoms with E-state index in [1.807, 2.05) is 0 Å². The van der Waals surface area contributed by atoms with E-state index in [1.165, 1.54) is 24.3 Å². The van der Waals surface area contributed by atoms with Gasteiger partial charge in [-0.1, -0.05) is 24.3 Å². The van der Waals surface area contributed by atoms with Crippen molar-refractivity contribution in [1.82, 2.24) is 9.78 Å². The lowest BCUT2D eigenvalue weighted by atomic mass is 10.0. The number of nitrogens with zero attached hydrogens (tertiary/aromatic N) is 2. The molecule has 0 amide bonds. The zero-order valence-corrected chi connectivity index (χ0v) is 14.1. The molecule has 0 radical (unpaired) electrons. The average Bonchev–Trinajstić information content (AvgIpc) is 3.07. The van der Waals surface area contributed by atoms with Gasteiger partial charge >= 0.3 is 6.18 Å². The van der Waals surface area contributed by atoms with E-state index in [0.717, 1.165) is 10.7 Å². The zero-order chi connectivity index (χ0) is 18.9. The summed E-state index contributed by atoms with van der Waals surface area (Å²) in [5.74, 6) is 0. The van der Waals surface area contributed by atoms with Gasteiger partial charge in [-0.25, -0.2) is 4.68 Å². The molecule has 0 aliphatic heterocycles. The summed E-state index contributed by atoms with van der Waals surface area (Å²) >= 11 is -2.43. The Morgan fingerprint density at radius 3 is 2.35 bits per heavy atom. The second-order valence-electron chi connectivity index (χ2n) is 5.41. The first kappa shape index (κ1) is 18.3. The van der Waals surface area contributed by atoms with Crippen LogP contribution in [0.1, 0.15) is 11.3 Å². The molecule has 0 bridgehead atoms. The van der Waals surface area contributed by atoms with Gasteiger partial charge in [0.05, 0.1) is 11.4 Å². The number of nitrogens with two attached hydrogens (primary N) is 1. The predicted molar refractivity (Wildman–Crippen MR) is 89.1 cm³/mol. The Morgan fingerprint density at radius 2 is 1.77 bits per heavy atom. The summed E-state index contributed by atoms with van der Waals surface area (Å²) in [4.78, 5) is 0.0286. The number of alkyl halides is 3. The van der Waals surface area contributed by atoms with Crippen LogP contribution in [0.3, 0.4) is 0 Å². The highest BCUT2D eigenvalue weighted by Crippen LogP contribution is 2.34. The lowest BCUT2D eigenvalue weighted by Crippen LogP contribution is -2.07. The second-order valence-corrected chi connectivity index (χ2v) is 6.36. The second kappa shape index (κ2) is 7.02. The summed E-state index contributed by atoms with van der Waals surface area (Å²) in [5, 5.41) is 3.67. The van der Waals surface area contributed by atoms with E-state index in [2.05, 4.69) is 5.10 Å². The molecule has 2 aromatic carbocycles. The van der Waals surface area contributed by atoms with Crippen molar-refractivity contribution in [1.29, 1.82) is 0 Å². The summed E-state index contributed by atoms with van der Waals surface area (Å²) in [5.41, 5.74) is 6.36. The fourth-order valence-electron chi connectivity index (χ4n) is 2.55. The van der Waals surface area contributed by atoms with Crippen molar-refractivity contribution in [3.63, 3.8) is 0 Å². The van der Waals surface area contributed by atoms with Crippen molar-refractivity contribution in [2.45, 2.75) is 17.6 Å². The molecular weight excluding hydrogens is 367 g/mol. The average molecular weight is 380 g/mol. The highest BCUT2D eigenvalue weighted by Gasteiger charge is 2.35. The van der Waals surface area contributed by atoms with Crippen molar-refractivity contribution in [3.05, 3.63) is 65.9 Å².